The van der Waals surface area contributed by atoms with E-state index in [0.29, 0.717) is 25.2 Å². The summed E-state index contributed by atoms with van der Waals surface area (Å²) in [6, 6.07) is 5.59. The Morgan fingerprint density at radius 3 is 2.85 bits per heavy atom. The number of piperidine rings is 1. The van der Waals surface area contributed by atoms with Gasteiger partial charge in [0.05, 0.1) is 18.8 Å². The Kier molecular flexibility index (Phi) is 9.04. The molecule has 5 rings (SSSR count). The highest BCUT2D eigenvalue weighted by Crippen LogP contribution is 2.29. The van der Waals surface area contributed by atoms with Crippen LogP contribution in [0.1, 0.15) is 50.2 Å². The molecule has 2 aliphatic rings. The molecule has 11 heteroatoms. The number of likely N-dealkylation sites (tertiary alicyclic amines) is 1. The molecule has 3 aromatic rings. The molecule has 0 bridgehead atoms. The third kappa shape index (κ3) is 6.31. The van der Waals surface area contributed by atoms with Crippen LogP contribution in [0.2, 0.25) is 0 Å². The molecule has 0 aromatic carbocycles. The summed E-state index contributed by atoms with van der Waals surface area (Å²) < 4.78 is 8.73. The van der Waals surface area contributed by atoms with Crippen LogP contribution in [-0.2, 0) is 29.0 Å². The van der Waals surface area contributed by atoms with Gasteiger partial charge < -0.3 is 29.5 Å². The number of rotatable bonds is 11. The molecular weight excluding hydrogens is 522 g/mol. The van der Waals surface area contributed by atoms with Crippen LogP contribution in [0.3, 0.4) is 0 Å². The van der Waals surface area contributed by atoms with Crippen LogP contribution < -0.4 is 15.8 Å². The first kappa shape index (κ1) is 28.8. The van der Waals surface area contributed by atoms with E-state index in [1.54, 1.807) is 24.3 Å². The van der Waals surface area contributed by atoms with Crippen molar-refractivity contribution in [1.29, 1.82) is 0 Å². The number of carbonyl (C=O) groups is 1. The zero-order valence-electron chi connectivity index (χ0n) is 24.1. The molecule has 2 fully saturated rings. The van der Waals surface area contributed by atoms with E-state index in [9.17, 15) is 14.7 Å². The fraction of sp³-hybridized carbons (Fsp3) is 0.533. The third-order valence-electron chi connectivity index (χ3n) is 8.24. The van der Waals surface area contributed by atoms with E-state index in [1.807, 2.05) is 16.8 Å². The zero-order chi connectivity index (χ0) is 28.9. The molecule has 0 radical (unpaired) electrons. The van der Waals surface area contributed by atoms with Crippen molar-refractivity contribution in [3.05, 3.63) is 64.2 Å². The Morgan fingerprint density at radius 2 is 2.10 bits per heavy atom. The molecule has 11 nitrogen and oxygen atoms in total. The van der Waals surface area contributed by atoms with Gasteiger partial charge in [0.2, 0.25) is 0 Å². The molecular formula is C30H41N7O4. The fourth-order valence-corrected chi connectivity index (χ4v) is 5.87. The maximum absolute atomic E-state index is 12.9. The number of methoxy groups -OCH3 is 1. The van der Waals surface area contributed by atoms with Gasteiger partial charge in [-0.15, -0.1) is 0 Å². The highest BCUT2D eigenvalue weighted by Gasteiger charge is 2.28. The van der Waals surface area contributed by atoms with Crippen LogP contribution in [-0.4, -0.2) is 80.6 Å². The second-order valence-corrected chi connectivity index (χ2v) is 11.0. The summed E-state index contributed by atoms with van der Waals surface area (Å²) in [5, 5.41) is 17.7. The first-order valence-electron chi connectivity index (χ1n) is 14.6. The summed E-state index contributed by atoms with van der Waals surface area (Å²) in [4.78, 5) is 34.6. The van der Waals surface area contributed by atoms with Crippen LogP contribution in [0.25, 0.3) is 5.65 Å². The summed E-state index contributed by atoms with van der Waals surface area (Å²) in [7, 11) is 1.65. The van der Waals surface area contributed by atoms with Crippen molar-refractivity contribution >= 4 is 23.2 Å². The Bertz CT molecular complexity index is 1450. The lowest BCUT2D eigenvalue weighted by Crippen LogP contribution is -2.40. The number of aryl methyl sites for hydroxylation is 1. The van der Waals surface area contributed by atoms with Gasteiger partial charge >= 0.3 is 0 Å². The van der Waals surface area contributed by atoms with Gasteiger partial charge in [0.25, 0.3) is 11.5 Å². The molecule has 2 unspecified atom stereocenters. The fourth-order valence-electron chi connectivity index (χ4n) is 5.87. The number of hydrogen-bond acceptors (Lipinski definition) is 8. The average Bonchev–Trinajstić information content (AvgIpc) is 3.64. The highest BCUT2D eigenvalue weighted by molar-refractivity contribution is 5.92. The molecule has 3 aromatic heterocycles. The number of nitrogens with one attached hydrogen (secondary N) is 1. The molecule has 5 heterocycles. The van der Waals surface area contributed by atoms with Gasteiger partial charge in [0, 0.05) is 75.4 Å². The lowest BCUT2D eigenvalue weighted by atomic mass is 9.99. The van der Waals surface area contributed by atoms with Gasteiger partial charge in [-0.1, -0.05) is 19.6 Å². The number of pyridine rings is 1. The van der Waals surface area contributed by atoms with Crippen molar-refractivity contribution in [2.45, 2.75) is 70.7 Å². The number of aliphatic hydroxyl groups excluding tert-OH is 1. The van der Waals surface area contributed by atoms with Crippen LogP contribution in [0.5, 0.6) is 0 Å². The summed E-state index contributed by atoms with van der Waals surface area (Å²) >= 11 is 0. The van der Waals surface area contributed by atoms with Crippen LogP contribution in [0.4, 0.5) is 11.6 Å². The Hall–Kier alpha value is -3.70. The molecule has 2 aliphatic heterocycles. The van der Waals surface area contributed by atoms with E-state index in [4.69, 9.17) is 9.72 Å². The number of aromatic nitrogens is 4. The summed E-state index contributed by atoms with van der Waals surface area (Å²) in [5.74, 6) is 1.54. The van der Waals surface area contributed by atoms with Crippen molar-refractivity contribution in [3.63, 3.8) is 0 Å². The van der Waals surface area contributed by atoms with Gasteiger partial charge in [-0.3, -0.25) is 9.59 Å². The zero-order valence-corrected chi connectivity index (χ0v) is 24.1. The molecule has 2 saturated heterocycles. The molecule has 2 N–H and O–H groups in total. The van der Waals surface area contributed by atoms with Crippen molar-refractivity contribution in [1.82, 2.24) is 24.1 Å². The lowest BCUT2D eigenvalue weighted by Gasteiger charge is -2.36. The minimum atomic E-state index is -0.188. The molecule has 0 saturated carbocycles. The average molecular weight is 564 g/mol. The Labute approximate surface area is 240 Å². The van der Waals surface area contributed by atoms with Crippen molar-refractivity contribution < 1.29 is 14.6 Å². The van der Waals surface area contributed by atoms with E-state index in [1.165, 1.54) is 10.6 Å². The second-order valence-electron chi connectivity index (χ2n) is 11.0. The monoisotopic (exact) mass is 563 g/mol. The quantitative estimate of drug-likeness (QED) is 0.342. The van der Waals surface area contributed by atoms with E-state index in [-0.39, 0.29) is 36.8 Å². The van der Waals surface area contributed by atoms with Crippen molar-refractivity contribution in [2.24, 2.45) is 0 Å². The van der Waals surface area contributed by atoms with Gasteiger partial charge in [-0.2, -0.15) is 9.61 Å². The number of fused-ring (bicyclic) bond motifs is 1. The number of anilines is 2. The molecule has 0 aliphatic carbocycles. The predicted octanol–water partition coefficient (Wildman–Crippen LogP) is 2.61. The standard InChI is InChI=1S/C30H41N7O4/c1-4-23-17-32-37-26(15-27(33-29(23)37)36-12-6-5-7-24(36)11-14-38)31-16-22-8-9-28(39)35(19-22)18-21(2)30(40)34-13-10-25(20-34)41-3/h8-9,15,17,19,24-25,31,38H,2,4-7,10-14,16,18,20H2,1,3H3. The number of hydrogen-bond donors (Lipinski definition) is 2. The Balaban J connectivity index is 1.34. The van der Waals surface area contributed by atoms with Crippen LogP contribution in [0, 0.1) is 0 Å². The van der Waals surface area contributed by atoms with Crippen molar-refractivity contribution in [2.75, 3.05) is 43.6 Å². The van der Waals surface area contributed by atoms with Gasteiger partial charge in [-0.05, 0) is 44.1 Å². The summed E-state index contributed by atoms with van der Waals surface area (Å²) in [6.07, 6.45) is 9.30. The van der Waals surface area contributed by atoms with E-state index < -0.39 is 0 Å². The predicted molar refractivity (Wildman–Crippen MR) is 158 cm³/mol. The van der Waals surface area contributed by atoms with Crippen molar-refractivity contribution in [3.8, 4) is 0 Å². The van der Waals surface area contributed by atoms with Crippen LogP contribution >= 0.6 is 0 Å². The minimum Gasteiger partial charge on any atom is -0.396 e. The van der Waals surface area contributed by atoms with Gasteiger partial charge in [0.1, 0.15) is 11.6 Å². The lowest BCUT2D eigenvalue weighted by molar-refractivity contribution is -0.126. The van der Waals surface area contributed by atoms with Crippen LogP contribution in [0.15, 0.2) is 47.5 Å². The molecule has 0 spiro atoms. The Morgan fingerprint density at radius 1 is 1.24 bits per heavy atom. The maximum Gasteiger partial charge on any atom is 0.251 e. The smallest absolute Gasteiger partial charge is 0.251 e. The van der Waals surface area contributed by atoms with E-state index in [2.05, 4.69) is 28.8 Å². The van der Waals surface area contributed by atoms with Gasteiger partial charge in [0.15, 0.2) is 5.65 Å². The third-order valence-corrected chi connectivity index (χ3v) is 8.24. The largest absolute Gasteiger partial charge is 0.396 e. The normalized spacial score (nSPS) is 19.2. The molecule has 1 amide bonds. The minimum absolute atomic E-state index is 0.0442. The number of ether oxygens (including phenoxy) is 1. The topological polar surface area (TPSA) is 117 Å². The summed E-state index contributed by atoms with van der Waals surface area (Å²) in [6.45, 7) is 8.88. The maximum atomic E-state index is 12.9. The summed E-state index contributed by atoms with van der Waals surface area (Å²) in [5.41, 5.74) is 2.95. The highest BCUT2D eigenvalue weighted by atomic mass is 16.5. The SMILES string of the molecule is C=C(Cn1cc(CNc2cc(N3CCCCC3CCO)nc3c(CC)cnn23)ccc1=O)C(=O)N1CCC(OC)C1. The second kappa shape index (κ2) is 12.9. The number of nitrogens with zero attached hydrogens (tertiary/aromatic N) is 6. The first-order valence-corrected chi connectivity index (χ1v) is 14.6. The number of aliphatic hydroxyl groups is 1. The van der Waals surface area contributed by atoms with E-state index >= 15 is 0 Å². The number of amides is 1. The molecule has 41 heavy (non-hydrogen) atoms. The van der Waals surface area contributed by atoms with E-state index in [0.717, 1.165) is 73.5 Å². The molecule has 2 atom stereocenters. The number of carbonyl (C=O) groups excluding carboxylic acids is 1. The van der Waals surface area contributed by atoms with Gasteiger partial charge in [-0.25, -0.2) is 4.98 Å². The molecule has 220 valence electrons. The first-order chi connectivity index (χ1) is 19.9.